The molecule has 22 heavy (non-hydrogen) atoms. The average Bonchev–Trinajstić information content (AvgIpc) is 2.41. The SMILES string of the molecule is Cc1ccc(C(=O)Nc2ccc(Cl)cc2F)cc1S(N)(=O)=O. The summed E-state index contributed by atoms with van der Waals surface area (Å²) in [7, 11) is -3.95. The van der Waals surface area contributed by atoms with Crippen LogP contribution in [0.5, 0.6) is 0 Å². The summed E-state index contributed by atoms with van der Waals surface area (Å²) < 4.78 is 36.5. The second kappa shape index (κ2) is 6.04. The Kier molecular flexibility index (Phi) is 4.50. The number of hydrogen-bond donors (Lipinski definition) is 2. The van der Waals surface area contributed by atoms with Crippen LogP contribution in [0.3, 0.4) is 0 Å². The van der Waals surface area contributed by atoms with Gasteiger partial charge in [0.2, 0.25) is 10.0 Å². The highest BCUT2D eigenvalue weighted by atomic mass is 35.5. The van der Waals surface area contributed by atoms with E-state index in [9.17, 15) is 17.6 Å². The predicted octanol–water partition coefficient (Wildman–Crippen LogP) is 2.69. The first-order valence-electron chi connectivity index (χ1n) is 6.08. The van der Waals surface area contributed by atoms with Crippen LogP contribution in [-0.4, -0.2) is 14.3 Å². The maximum Gasteiger partial charge on any atom is 0.255 e. The average molecular weight is 343 g/mol. The van der Waals surface area contributed by atoms with E-state index in [2.05, 4.69) is 5.32 Å². The van der Waals surface area contributed by atoms with Gasteiger partial charge in [-0.05, 0) is 42.8 Å². The minimum atomic E-state index is -3.95. The van der Waals surface area contributed by atoms with Crippen molar-refractivity contribution in [3.63, 3.8) is 0 Å². The smallest absolute Gasteiger partial charge is 0.255 e. The number of nitrogens with one attached hydrogen (secondary N) is 1. The molecule has 0 bridgehead atoms. The highest BCUT2D eigenvalue weighted by Gasteiger charge is 2.16. The molecule has 0 aliphatic carbocycles. The van der Waals surface area contributed by atoms with E-state index in [1.165, 1.54) is 24.3 Å². The molecule has 0 saturated heterocycles. The Morgan fingerprint density at radius 2 is 1.91 bits per heavy atom. The van der Waals surface area contributed by atoms with Gasteiger partial charge in [0.25, 0.3) is 5.91 Å². The van der Waals surface area contributed by atoms with Gasteiger partial charge in [0.15, 0.2) is 0 Å². The topological polar surface area (TPSA) is 89.3 Å². The third-order valence-electron chi connectivity index (χ3n) is 2.94. The molecule has 0 unspecified atom stereocenters. The summed E-state index contributed by atoms with van der Waals surface area (Å²) in [6, 6.07) is 7.81. The highest BCUT2D eigenvalue weighted by Crippen LogP contribution is 2.21. The molecule has 3 N–H and O–H groups in total. The van der Waals surface area contributed by atoms with Crippen LogP contribution in [0.15, 0.2) is 41.3 Å². The molecule has 0 aliphatic rings. The first kappa shape index (κ1) is 16.4. The Bertz CT molecular complexity index is 853. The van der Waals surface area contributed by atoms with Gasteiger partial charge >= 0.3 is 0 Å². The number of halogens is 2. The Labute approximate surface area is 131 Å². The van der Waals surface area contributed by atoms with Gasteiger partial charge in [0, 0.05) is 10.6 Å². The zero-order valence-electron chi connectivity index (χ0n) is 11.4. The lowest BCUT2D eigenvalue weighted by Gasteiger charge is -2.09. The summed E-state index contributed by atoms with van der Waals surface area (Å²) in [6.07, 6.45) is 0. The van der Waals surface area contributed by atoms with Gasteiger partial charge < -0.3 is 5.32 Å². The van der Waals surface area contributed by atoms with Crippen LogP contribution >= 0.6 is 11.6 Å². The number of primary sulfonamides is 1. The summed E-state index contributed by atoms with van der Waals surface area (Å²) in [4.78, 5) is 11.9. The molecular weight excluding hydrogens is 331 g/mol. The van der Waals surface area contributed by atoms with Crippen LogP contribution in [0.1, 0.15) is 15.9 Å². The zero-order chi connectivity index (χ0) is 16.5. The summed E-state index contributed by atoms with van der Waals surface area (Å²) in [5, 5.41) is 7.63. The normalized spacial score (nSPS) is 11.3. The third-order valence-corrected chi connectivity index (χ3v) is 4.22. The molecule has 0 radical (unpaired) electrons. The van der Waals surface area contributed by atoms with Crippen molar-refractivity contribution in [1.82, 2.24) is 0 Å². The fourth-order valence-electron chi connectivity index (χ4n) is 1.83. The van der Waals surface area contributed by atoms with Crippen molar-refractivity contribution in [1.29, 1.82) is 0 Å². The first-order chi connectivity index (χ1) is 10.2. The molecular formula is C14H12ClFN2O3S. The summed E-state index contributed by atoms with van der Waals surface area (Å²) in [5.41, 5.74) is 0.396. The van der Waals surface area contributed by atoms with Gasteiger partial charge in [0.1, 0.15) is 5.82 Å². The number of nitrogens with two attached hydrogens (primary N) is 1. The first-order valence-corrected chi connectivity index (χ1v) is 8.01. The third kappa shape index (κ3) is 3.62. The maximum absolute atomic E-state index is 13.6. The molecule has 5 nitrogen and oxygen atoms in total. The largest absolute Gasteiger partial charge is 0.319 e. The highest BCUT2D eigenvalue weighted by molar-refractivity contribution is 7.89. The van der Waals surface area contributed by atoms with E-state index in [1.807, 2.05) is 0 Å². The van der Waals surface area contributed by atoms with E-state index >= 15 is 0 Å². The maximum atomic E-state index is 13.6. The molecule has 0 saturated carbocycles. The number of carbonyl (C=O) groups excluding carboxylic acids is 1. The van der Waals surface area contributed by atoms with Gasteiger partial charge in [-0.3, -0.25) is 4.79 Å². The number of aryl methyl sites for hydroxylation is 1. The Morgan fingerprint density at radius 1 is 1.23 bits per heavy atom. The summed E-state index contributed by atoms with van der Waals surface area (Å²) in [5.74, 6) is -1.36. The molecule has 8 heteroatoms. The second-order valence-corrected chi connectivity index (χ2v) is 6.57. The van der Waals surface area contributed by atoms with Crippen molar-refractivity contribution < 1.29 is 17.6 Å². The van der Waals surface area contributed by atoms with E-state index < -0.39 is 21.7 Å². The number of hydrogen-bond acceptors (Lipinski definition) is 3. The van der Waals surface area contributed by atoms with Gasteiger partial charge in [-0.25, -0.2) is 17.9 Å². The van der Waals surface area contributed by atoms with Crippen molar-refractivity contribution in [2.45, 2.75) is 11.8 Å². The van der Waals surface area contributed by atoms with Crippen molar-refractivity contribution in [3.05, 3.63) is 58.4 Å². The van der Waals surface area contributed by atoms with Gasteiger partial charge in [-0.15, -0.1) is 0 Å². The van der Waals surface area contributed by atoms with Crippen molar-refractivity contribution in [2.75, 3.05) is 5.32 Å². The van der Waals surface area contributed by atoms with Crippen LogP contribution in [0.2, 0.25) is 5.02 Å². The lowest BCUT2D eigenvalue weighted by Crippen LogP contribution is -2.17. The molecule has 0 spiro atoms. The number of anilines is 1. The number of rotatable bonds is 3. The number of amides is 1. The van der Waals surface area contributed by atoms with Crippen molar-refractivity contribution in [2.24, 2.45) is 5.14 Å². The van der Waals surface area contributed by atoms with Crippen LogP contribution in [-0.2, 0) is 10.0 Å². The van der Waals surface area contributed by atoms with E-state index in [0.717, 1.165) is 12.1 Å². The number of carbonyl (C=O) groups is 1. The Balaban J connectivity index is 2.34. The zero-order valence-corrected chi connectivity index (χ0v) is 13.0. The van der Waals surface area contributed by atoms with Crippen molar-refractivity contribution in [3.8, 4) is 0 Å². The standard InChI is InChI=1S/C14H12ClFN2O3S/c1-8-2-3-9(6-13(8)22(17,20)21)14(19)18-12-5-4-10(15)7-11(12)16/h2-7H,1H3,(H,18,19)(H2,17,20,21). The second-order valence-electron chi connectivity index (χ2n) is 4.60. The van der Waals surface area contributed by atoms with Gasteiger partial charge in [0.05, 0.1) is 10.6 Å². The van der Waals surface area contributed by atoms with E-state index in [1.54, 1.807) is 6.92 Å². The van der Waals surface area contributed by atoms with Crippen molar-refractivity contribution >= 4 is 33.2 Å². The Hall–Kier alpha value is -1.96. The molecule has 0 aromatic heterocycles. The number of benzene rings is 2. The molecule has 2 aromatic rings. The molecule has 0 fully saturated rings. The minimum absolute atomic E-state index is 0.0453. The lowest BCUT2D eigenvalue weighted by molar-refractivity contribution is 0.102. The molecule has 1 amide bonds. The fourth-order valence-corrected chi connectivity index (χ4v) is 2.80. The van der Waals surface area contributed by atoms with Crippen LogP contribution in [0.4, 0.5) is 10.1 Å². The van der Waals surface area contributed by atoms with Gasteiger partial charge in [-0.1, -0.05) is 17.7 Å². The molecule has 2 aromatic carbocycles. The molecule has 0 heterocycles. The quantitative estimate of drug-likeness (QED) is 0.898. The lowest BCUT2D eigenvalue weighted by atomic mass is 10.1. The molecule has 0 atom stereocenters. The molecule has 0 aliphatic heterocycles. The Morgan fingerprint density at radius 3 is 2.50 bits per heavy atom. The van der Waals surface area contributed by atoms with Crippen LogP contribution in [0.25, 0.3) is 0 Å². The van der Waals surface area contributed by atoms with E-state index in [0.29, 0.717) is 5.56 Å². The monoisotopic (exact) mass is 342 g/mol. The van der Waals surface area contributed by atoms with E-state index in [4.69, 9.17) is 16.7 Å². The summed E-state index contributed by atoms with van der Waals surface area (Å²) >= 11 is 5.63. The van der Waals surface area contributed by atoms with Crippen LogP contribution < -0.4 is 10.5 Å². The summed E-state index contributed by atoms with van der Waals surface area (Å²) in [6.45, 7) is 1.56. The molecule has 2 rings (SSSR count). The van der Waals surface area contributed by atoms with E-state index in [-0.39, 0.29) is 21.2 Å². The molecule has 116 valence electrons. The van der Waals surface area contributed by atoms with Gasteiger partial charge in [-0.2, -0.15) is 0 Å². The predicted molar refractivity (Wildman–Crippen MR) is 81.9 cm³/mol. The minimum Gasteiger partial charge on any atom is -0.319 e. The number of sulfonamides is 1. The van der Waals surface area contributed by atoms with Crippen LogP contribution in [0, 0.1) is 12.7 Å². The fraction of sp³-hybridized carbons (Fsp3) is 0.0714.